The van der Waals surface area contributed by atoms with Crippen LogP contribution in [-0.4, -0.2) is 51.9 Å². The van der Waals surface area contributed by atoms with Crippen molar-refractivity contribution in [1.82, 2.24) is 9.55 Å². The van der Waals surface area contributed by atoms with Gasteiger partial charge in [-0.15, -0.1) is 0 Å². The van der Waals surface area contributed by atoms with Gasteiger partial charge in [-0.3, -0.25) is 28.7 Å². The fraction of sp³-hybridized carbons (Fsp3) is 0.611. The average Bonchev–Trinajstić information content (AvgIpc) is 2.83. The molecule has 1 aliphatic rings. The average molecular weight is 412 g/mol. The van der Waals surface area contributed by atoms with E-state index in [1.54, 1.807) is 0 Å². The molecule has 0 amide bonds. The Kier molecular flexibility index (Phi) is 6.31. The number of hydrogen-bond acceptors (Lipinski definition) is 9. The molecule has 1 N–H and O–H groups in total. The summed E-state index contributed by atoms with van der Waals surface area (Å²) in [5.74, 6) is -1.99. The zero-order chi connectivity index (χ0) is 22.1. The molecule has 0 spiro atoms. The summed E-state index contributed by atoms with van der Waals surface area (Å²) in [5.41, 5.74) is -2.26. The van der Waals surface area contributed by atoms with Gasteiger partial charge in [-0.05, 0) is 20.8 Å². The molecule has 1 fully saturated rings. The second-order valence-electron chi connectivity index (χ2n) is 7.05. The topological polar surface area (TPSA) is 143 Å². The first-order valence-electron chi connectivity index (χ1n) is 8.85. The zero-order valence-electron chi connectivity index (χ0n) is 17.1. The van der Waals surface area contributed by atoms with Crippen LogP contribution in [0.2, 0.25) is 0 Å². The number of aromatic nitrogens is 2. The Bertz CT molecular complexity index is 948. The van der Waals surface area contributed by atoms with Crippen LogP contribution in [0.15, 0.2) is 9.59 Å². The van der Waals surface area contributed by atoms with Gasteiger partial charge in [0.05, 0.1) is 0 Å². The van der Waals surface area contributed by atoms with Gasteiger partial charge in [0.25, 0.3) is 5.56 Å². The number of nitrogens with one attached hydrogen (secondary N) is 1. The molecule has 11 heteroatoms. The van der Waals surface area contributed by atoms with Gasteiger partial charge in [-0.2, -0.15) is 0 Å². The van der Waals surface area contributed by atoms with Crippen molar-refractivity contribution in [1.29, 1.82) is 0 Å². The van der Waals surface area contributed by atoms with Crippen molar-refractivity contribution in [2.75, 3.05) is 6.61 Å². The van der Waals surface area contributed by atoms with Crippen LogP contribution in [0.25, 0.3) is 0 Å². The van der Waals surface area contributed by atoms with Crippen molar-refractivity contribution >= 4 is 17.9 Å². The molecule has 160 valence electrons. The van der Waals surface area contributed by atoms with Crippen LogP contribution in [0, 0.1) is 13.8 Å². The molecular weight excluding hydrogens is 388 g/mol. The minimum Gasteiger partial charge on any atom is -0.463 e. The van der Waals surface area contributed by atoms with Gasteiger partial charge < -0.3 is 18.9 Å². The SMILES string of the molecule is CC(=O)OC[C@@]1(C)O[C@@H](n2c(C)c(C)c(=O)[nH]c2=O)[C@H](OC(C)=O)[C@@H]1OC(C)=O. The van der Waals surface area contributed by atoms with Crippen LogP contribution in [0.4, 0.5) is 0 Å². The molecular formula is C18H24N2O9. The summed E-state index contributed by atoms with van der Waals surface area (Å²) in [7, 11) is 0. The predicted octanol–water partition coefficient (Wildman–Crippen LogP) is -0.133. The van der Waals surface area contributed by atoms with E-state index in [0.29, 0.717) is 0 Å². The Balaban J connectivity index is 2.64. The van der Waals surface area contributed by atoms with Crippen LogP contribution in [0.5, 0.6) is 0 Å². The Morgan fingerprint density at radius 3 is 2.17 bits per heavy atom. The highest BCUT2D eigenvalue weighted by atomic mass is 16.7. The fourth-order valence-electron chi connectivity index (χ4n) is 3.20. The third-order valence-electron chi connectivity index (χ3n) is 4.67. The van der Waals surface area contributed by atoms with Gasteiger partial charge in [-0.1, -0.05) is 0 Å². The summed E-state index contributed by atoms with van der Waals surface area (Å²) in [5, 5.41) is 0. The summed E-state index contributed by atoms with van der Waals surface area (Å²) < 4.78 is 22.8. The molecule has 0 radical (unpaired) electrons. The van der Waals surface area contributed by atoms with Crippen molar-refractivity contribution in [2.24, 2.45) is 0 Å². The normalized spacial score (nSPS) is 26.1. The highest BCUT2D eigenvalue weighted by Gasteiger charge is 2.58. The van der Waals surface area contributed by atoms with Crippen molar-refractivity contribution in [3.63, 3.8) is 0 Å². The predicted molar refractivity (Wildman–Crippen MR) is 97.1 cm³/mol. The van der Waals surface area contributed by atoms with E-state index in [9.17, 15) is 24.0 Å². The molecule has 29 heavy (non-hydrogen) atoms. The van der Waals surface area contributed by atoms with Gasteiger partial charge >= 0.3 is 23.6 Å². The summed E-state index contributed by atoms with van der Waals surface area (Å²) in [6.45, 7) is 7.72. The molecule has 0 aliphatic carbocycles. The quantitative estimate of drug-likeness (QED) is 0.516. The van der Waals surface area contributed by atoms with E-state index in [4.69, 9.17) is 18.9 Å². The van der Waals surface area contributed by atoms with E-state index in [0.717, 1.165) is 18.4 Å². The molecule has 1 aromatic heterocycles. The lowest BCUT2D eigenvalue weighted by molar-refractivity contribution is -0.174. The molecule has 0 unspecified atom stereocenters. The number of carbonyl (C=O) groups is 3. The van der Waals surface area contributed by atoms with E-state index in [2.05, 4.69) is 4.98 Å². The number of hydrogen-bond donors (Lipinski definition) is 1. The summed E-state index contributed by atoms with van der Waals surface area (Å²) in [4.78, 5) is 61.3. The lowest BCUT2D eigenvalue weighted by Gasteiger charge is -2.29. The Labute approximate surface area is 165 Å². The van der Waals surface area contributed by atoms with E-state index in [1.165, 1.54) is 27.7 Å². The van der Waals surface area contributed by atoms with Gasteiger partial charge in [0, 0.05) is 32.0 Å². The number of aromatic amines is 1. The van der Waals surface area contributed by atoms with E-state index in [-0.39, 0.29) is 17.9 Å². The Morgan fingerprint density at radius 1 is 1.07 bits per heavy atom. The molecule has 0 aromatic carbocycles. The Morgan fingerprint density at radius 2 is 1.66 bits per heavy atom. The second-order valence-corrected chi connectivity index (χ2v) is 7.05. The van der Waals surface area contributed by atoms with E-state index >= 15 is 0 Å². The molecule has 4 atom stereocenters. The zero-order valence-corrected chi connectivity index (χ0v) is 17.1. The van der Waals surface area contributed by atoms with Crippen LogP contribution in [0.1, 0.15) is 45.2 Å². The van der Waals surface area contributed by atoms with E-state index in [1.807, 2.05) is 0 Å². The van der Waals surface area contributed by atoms with Crippen molar-refractivity contribution in [3.8, 4) is 0 Å². The van der Waals surface area contributed by atoms with Crippen LogP contribution in [-0.2, 0) is 33.3 Å². The summed E-state index contributed by atoms with van der Waals surface area (Å²) >= 11 is 0. The first-order chi connectivity index (χ1) is 13.4. The number of carbonyl (C=O) groups excluding carboxylic acids is 3. The monoisotopic (exact) mass is 412 g/mol. The number of nitrogens with zero attached hydrogens (tertiary/aromatic N) is 1. The first-order valence-corrected chi connectivity index (χ1v) is 8.85. The van der Waals surface area contributed by atoms with Crippen molar-refractivity contribution in [2.45, 2.75) is 65.6 Å². The third kappa shape index (κ3) is 4.56. The van der Waals surface area contributed by atoms with Gasteiger partial charge in [-0.25, -0.2) is 4.79 Å². The summed E-state index contributed by atoms with van der Waals surface area (Å²) in [6, 6.07) is 0. The van der Waals surface area contributed by atoms with Crippen LogP contribution >= 0.6 is 0 Å². The molecule has 2 heterocycles. The lowest BCUT2D eigenvalue weighted by atomic mass is 9.97. The van der Waals surface area contributed by atoms with Crippen LogP contribution in [0.3, 0.4) is 0 Å². The number of esters is 3. The molecule has 0 bridgehead atoms. The van der Waals surface area contributed by atoms with Gasteiger partial charge in [0.15, 0.2) is 18.4 Å². The maximum Gasteiger partial charge on any atom is 0.330 e. The fourth-order valence-corrected chi connectivity index (χ4v) is 3.20. The smallest absolute Gasteiger partial charge is 0.330 e. The maximum absolute atomic E-state index is 12.5. The number of ether oxygens (including phenoxy) is 4. The minimum absolute atomic E-state index is 0.257. The number of rotatable bonds is 5. The highest BCUT2D eigenvalue weighted by molar-refractivity contribution is 5.68. The van der Waals surface area contributed by atoms with Crippen molar-refractivity contribution in [3.05, 3.63) is 32.1 Å². The van der Waals surface area contributed by atoms with E-state index < -0.39 is 53.2 Å². The molecule has 1 saturated heterocycles. The van der Waals surface area contributed by atoms with Gasteiger partial charge in [0.2, 0.25) is 0 Å². The minimum atomic E-state index is -1.43. The first kappa shape index (κ1) is 22.3. The molecule has 1 aliphatic heterocycles. The number of H-pyrrole nitrogens is 1. The van der Waals surface area contributed by atoms with Gasteiger partial charge in [0.1, 0.15) is 12.2 Å². The highest BCUT2D eigenvalue weighted by Crippen LogP contribution is 2.41. The summed E-state index contributed by atoms with van der Waals surface area (Å²) in [6.07, 6.45) is -3.67. The molecule has 2 rings (SSSR count). The second kappa shape index (κ2) is 8.19. The lowest BCUT2D eigenvalue weighted by Crippen LogP contribution is -2.48. The largest absolute Gasteiger partial charge is 0.463 e. The molecule has 11 nitrogen and oxygen atoms in total. The molecule has 1 aromatic rings. The maximum atomic E-state index is 12.5. The third-order valence-corrected chi connectivity index (χ3v) is 4.67. The van der Waals surface area contributed by atoms with Crippen LogP contribution < -0.4 is 11.2 Å². The molecule has 0 saturated carbocycles. The standard InChI is InChI=1S/C18H24N2O9/c1-8-9(2)20(17(25)19-15(8)24)16-13(27-11(4)22)14(28-12(5)23)18(6,29-16)7-26-10(3)21/h13-14,16H,7H2,1-6H3,(H,19,24,25)/t13-,14+,16-,18-/m1/s1. The Hall–Kier alpha value is -2.95. The van der Waals surface area contributed by atoms with Crippen molar-refractivity contribution < 1.29 is 33.3 Å².